The molecular formula is C44H60ClF3N8O7. The number of esters is 1. The van der Waals surface area contributed by atoms with E-state index in [0.717, 1.165) is 75.8 Å². The van der Waals surface area contributed by atoms with E-state index in [0.29, 0.717) is 84.3 Å². The quantitative estimate of drug-likeness (QED) is 0.211. The van der Waals surface area contributed by atoms with Crippen LogP contribution in [0.3, 0.4) is 0 Å². The van der Waals surface area contributed by atoms with Crippen molar-refractivity contribution >= 4 is 47.0 Å². The molecule has 4 amide bonds. The Kier molecular flexibility index (Phi) is 15.9. The van der Waals surface area contributed by atoms with Gasteiger partial charge in [0, 0.05) is 96.1 Å². The third-order valence-corrected chi connectivity index (χ3v) is 13.4. The summed E-state index contributed by atoms with van der Waals surface area (Å²) >= 11 is 6.16. The normalized spacial score (nSPS) is 20.8. The van der Waals surface area contributed by atoms with E-state index in [9.17, 15) is 32.3 Å². The molecule has 346 valence electrons. The predicted octanol–water partition coefficient (Wildman–Crippen LogP) is 4.81. The molecule has 4 saturated heterocycles. The molecule has 0 aromatic heterocycles. The average molecular weight is 905 g/mol. The molecule has 5 heterocycles. The largest absolute Gasteiger partial charge is 0.464 e. The number of likely N-dealkylation sites (tertiary alicyclic amines) is 2. The molecular weight excluding hydrogens is 845 g/mol. The van der Waals surface area contributed by atoms with E-state index in [1.165, 1.54) is 11.0 Å². The van der Waals surface area contributed by atoms with Crippen LogP contribution in [0, 0.1) is 0 Å². The highest BCUT2D eigenvalue weighted by molar-refractivity contribution is 6.33. The maximum atomic E-state index is 14.2. The van der Waals surface area contributed by atoms with Crippen LogP contribution in [0.2, 0.25) is 5.02 Å². The van der Waals surface area contributed by atoms with Gasteiger partial charge in [-0.05, 0) is 87.5 Å². The van der Waals surface area contributed by atoms with Gasteiger partial charge in [0.15, 0.2) is 6.10 Å². The third kappa shape index (κ3) is 12.5. The van der Waals surface area contributed by atoms with Crippen LogP contribution in [0.1, 0.15) is 55.2 Å². The summed E-state index contributed by atoms with van der Waals surface area (Å²) in [5.74, 6) is -0.660. The summed E-state index contributed by atoms with van der Waals surface area (Å²) in [6.07, 6.45) is -2.59. The third-order valence-electron chi connectivity index (χ3n) is 13.1. The Labute approximate surface area is 371 Å². The fourth-order valence-electron chi connectivity index (χ4n) is 9.37. The Morgan fingerprint density at radius 2 is 1.54 bits per heavy atom. The van der Waals surface area contributed by atoms with Crippen LogP contribution < -0.4 is 11.1 Å². The van der Waals surface area contributed by atoms with Crippen LogP contribution in [0.15, 0.2) is 36.4 Å². The molecule has 0 bridgehead atoms. The fourth-order valence-corrected chi connectivity index (χ4v) is 9.61. The number of ether oxygens (including phenoxy) is 3. The fraction of sp³-hybridized carbons (Fsp3) is 0.636. The number of nitrogens with zero attached hydrogens (tertiary/aromatic N) is 6. The summed E-state index contributed by atoms with van der Waals surface area (Å²) in [5.41, 5.74) is 5.86. The number of piperidine rings is 2. The molecule has 15 nitrogen and oxygen atoms in total. The average Bonchev–Trinajstić information content (AvgIpc) is 3.45. The molecule has 19 heteroatoms. The number of hydrogen-bond donors (Lipinski definition) is 2. The summed E-state index contributed by atoms with van der Waals surface area (Å²) in [6, 6.07) is 9.83. The smallest absolute Gasteiger partial charge is 0.418 e. The molecule has 2 aromatic carbocycles. The molecule has 5 aliphatic heterocycles. The molecule has 2 aromatic rings. The van der Waals surface area contributed by atoms with Crippen molar-refractivity contribution in [3.8, 4) is 0 Å². The molecule has 63 heavy (non-hydrogen) atoms. The second kappa shape index (κ2) is 21.5. The number of fused-ring (bicyclic) bond motifs is 1. The van der Waals surface area contributed by atoms with Gasteiger partial charge in [-0.2, -0.15) is 13.2 Å². The van der Waals surface area contributed by atoms with Gasteiger partial charge >= 0.3 is 24.3 Å². The minimum Gasteiger partial charge on any atom is -0.464 e. The van der Waals surface area contributed by atoms with Crippen LogP contribution in [0.25, 0.3) is 0 Å². The molecule has 0 saturated carbocycles. The zero-order valence-electron chi connectivity index (χ0n) is 35.8. The van der Waals surface area contributed by atoms with E-state index in [2.05, 4.69) is 20.0 Å². The van der Waals surface area contributed by atoms with Crippen LogP contribution >= 0.6 is 11.6 Å². The number of morpholine rings is 1. The lowest BCUT2D eigenvalue weighted by atomic mass is 10.0. The summed E-state index contributed by atoms with van der Waals surface area (Å²) < 4.78 is 58.6. The SMILES string of the molecule is Nc1c(Cl)cc(C[C@@H](OC(=O)N2CCC(N3CCc4ccccc4NC3=O)CC2)C(=O)N2CCN(C3CCN(CCCC(=O)OCCN4CCOCC4)CC3)CC2)cc1C(F)(F)F. The first-order valence-electron chi connectivity index (χ1n) is 22.3. The van der Waals surface area contributed by atoms with Gasteiger partial charge in [-0.1, -0.05) is 29.8 Å². The molecule has 7 rings (SSSR count). The Hall–Kier alpha value is -4.36. The number of para-hydroxylation sites is 1. The van der Waals surface area contributed by atoms with Crippen LogP contribution in [-0.2, 0) is 42.8 Å². The highest BCUT2D eigenvalue weighted by Crippen LogP contribution is 2.38. The number of piperazine rings is 1. The van der Waals surface area contributed by atoms with Crippen molar-refractivity contribution in [3.63, 3.8) is 0 Å². The van der Waals surface area contributed by atoms with E-state index in [4.69, 9.17) is 31.5 Å². The number of nitrogens with two attached hydrogens (primary N) is 1. The number of halogens is 4. The lowest BCUT2D eigenvalue weighted by Gasteiger charge is -2.43. The number of alkyl halides is 3. The topological polar surface area (TPSA) is 153 Å². The Bertz CT molecular complexity index is 1900. The zero-order chi connectivity index (χ0) is 44.5. The highest BCUT2D eigenvalue weighted by Gasteiger charge is 2.38. The summed E-state index contributed by atoms with van der Waals surface area (Å²) in [4.78, 5) is 65.3. The van der Waals surface area contributed by atoms with Crippen molar-refractivity contribution in [1.82, 2.24) is 29.4 Å². The number of anilines is 2. The monoisotopic (exact) mass is 904 g/mol. The first-order valence-corrected chi connectivity index (χ1v) is 22.7. The van der Waals surface area contributed by atoms with Gasteiger partial charge in [-0.3, -0.25) is 19.4 Å². The standard InChI is InChI=1S/C44H60ClF3N8O7/c45-36-29-31(28-35(40(36)49)44(46,47)48)30-38(63-43(60)55-15-10-34(11-16-55)56-17-7-32-4-1-2-5-37(32)50-42(56)59)41(58)54-20-18-53(19-21-54)33-8-13-51(14-9-33)12-3-6-39(57)62-27-24-52-22-25-61-26-23-52/h1-2,4-5,28-29,33-34,38H,3,6-27,30,49H2,(H,50,59)/t38-/m1/s1. The predicted molar refractivity (Wildman–Crippen MR) is 230 cm³/mol. The highest BCUT2D eigenvalue weighted by atomic mass is 35.5. The van der Waals surface area contributed by atoms with Gasteiger partial charge in [-0.15, -0.1) is 0 Å². The lowest BCUT2D eigenvalue weighted by molar-refractivity contribution is -0.144. The van der Waals surface area contributed by atoms with Gasteiger partial charge in [0.2, 0.25) is 0 Å². The van der Waals surface area contributed by atoms with Crippen molar-refractivity contribution in [2.45, 2.75) is 75.7 Å². The van der Waals surface area contributed by atoms with Crippen molar-refractivity contribution in [2.75, 3.05) is 116 Å². The molecule has 3 N–H and O–H groups in total. The van der Waals surface area contributed by atoms with Crippen molar-refractivity contribution in [3.05, 3.63) is 58.1 Å². The van der Waals surface area contributed by atoms with Crippen LogP contribution in [0.4, 0.5) is 34.1 Å². The van der Waals surface area contributed by atoms with E-state index < -0.39 is 35.5 Å². The van der Waals surface area contributed by atoms with Gasteiger partial charge in [0.05, 0.1) is 29.5 Å². The molecule has 5 aliphatic rings. The number of carbonyl (C=O) groups excluding carboxylic acids is 4. The molecule has 0 aliphatic carbocycles. The Morgan fingerprint density at radius 3 is 2.25 bits per heavy atom. The molecule has 0 unspecified atom stereocenters. The first kappa shape index (κ1) is 46.6. The van der Waals surface area contributed by atoms with E-state index >= 15 is 0 Å². The minimum atomic E-state index is -4.79. The van der Waals surface area contributed by atoms with E-state index in [1.54, 1.807) is 9.80 Å². The number of rotatable bonds is 13. The van der Waals surface area contributed by atoms with Gasteiger partial charge in [-0.25, -0.2) is 9.59 Å². The lowest BCUT2D eigenvalue weighted by Crippen LogP contribution is -2.56. The van der Waals surface area contributed by atoms with E-state index in [1.807, 2.05) is 24.3 Å². The van der Waals surface area contributed by atoms with Gasteiger partial charge < -0.3 is 44.9 Å². The number of benzene rings is 2. The second-order valence-corrected chi connectivity index (χ2v) is 17.5. The molecule has 4 fully saturated rings. The Balaban J connectivity index is 0.897. The maximum absolute atomic E-state index is 14.2. The summed E-state index contributed by atoms with van der Waals surface area (Å²) in [5, 5.41) is 2.68. The van der Waals surface area contributed by atoms with Crippen molar-refractivity contribution in [2.24, 2.45) is 0 Å². The number of nitrogen functional groups attached to an aromatic ring is 1. The maximum Gasteiger partial charge on any atom is 0.418 e. The number of nitrogens with one attached hydrogen (secondary N) is 1. The van der Waals surface area contributed by atoms with Crippen LogP contribution in [0.5, 0.6) is 0 Å². The minimum absolute atomic E-state index is 0.0608. The van der Waals surface area contributed by atoms with Gasteiger partial charge in [0.1, 0.15) is 6.61 Å². The molecule has 0 spiro atoms. The van der Waals surface area contributed by atoms with Crippen molar-refractivity contribution < 1.29 is 46.6 Å². The Morgan fingerprint density at radius 1 is 0.857 bits per heavy atom. The summed E-state index contributed by atoms with van der Waals surface area (Å²) in [6.45, 7) is 9.88. The number of hydrogen-bond acceptors (Lipinski definition) is 11. The number of amides is 4. The van der Waals surface area contributed by atoms with Crippen LogP contribution in [-0.4, -0.2) is 176 Å². The van der Waals surface area contributed by atoms with Gasteiger partial charge in [0.25, 0.3) is 5.91 Å². The molecule has 1 atom stereocenters. The second-order valence-electron chi connectivity index (χ2n) is 17.1. The molecule has 0 radical (unpaired) electrons. The van der Waals surface area contributed by atoms with E-state index in [-0.39, 0.29) is 48.1 Å². The summed E-state index contributed by atoms with van der Waals surface area (Å²) in [7, 11) is 0. The first-order chi connectivity index (χ1) is 30.3. The van der Waals surface area contributed by atoms with Crippen molar-refractivity contribution in [1.29, 1.82) is 0 Å². The number of urea groups is 1. The zero-order valence-corrected chi connectivity index (χ0v) is 36.6. The number of carbonyl (C=O) groups is 4.